The van der Waals surface area contributed by atoms with Gasteiger partial charge in [0.05, 0.1) is 5.54 Å². The van der Waals surface area contributed by atoms with Crippen molar-refractivity contribution in [3.05, 3.63) is 34.9 Å². The van der Waals surface area contributed by atoms with E-state index < -0.39 is 5.54 Å². The monoisotopic (exact) mass is 292 g/mol. The number of nitrogens with two attached hydrogens (primary N) is 1. The van der Waals surface area contributed by atoms with Crippen LogP contribution in [0, 0.1) is 5.92 Å². The van der Waals surface area contributed by atoms with E-state index in [1.807, 2.05) is 29.2 Å². The van der Waals surface area contributed by atoms with Gasteiger partial charge in [-0.3, -0.25) is 4.79 Å². The van der Waals surface area contributed by atoms with Crippen molar-refractivity contribution < 1.29 is 4.79 Å². The topological polar surface area (TPSA) is 46.3 Å². The van der Waals surface area contributed by atoms with Crippen LogP contribution in [0.15, 0.2) is 24.3 Å². The van der Waals surface area contributed by atoms with Crippen molar-refractivity contribution in [1.82, 2.24) is 4.90 Å². The van der Waals surface area contributed by atoms with Crippen molar-refractivity contribution in [3.63, 3.8) is 0 Å². The summed E-state index contributed by atoms with van der Waals surface area (Å²) in [6, 6.07) is 7.85. The zero-order valence-corrected chi connectivity index (χ0v) is 12.4. The van der Waals surface area contributed by atoms with Gasteiger partial charge in [-0.05, 0) is 55.7 Å². The highest BCUT2D eigenvalue weighted by molar-refractivity contribution is 6.30. The summed E-state index contributed by atoms with van der Waals surface area (Å²) in [5, 5.41) is 0.749. The van der Waals surface area contributed by atoms with Crippen molar-refractivity contribution in [2.45, 2.75) is 37.6 Å². The van der Waals surface area contributed by atoms with Crippen LogP contribution in [0.4, 0.5) is 0 Å². The molecular formula is C16H21ClN2O. The lowest BCUT2D eigenvalue weighted by molar-refractivity contribution is -0.133. The Morgan fingerprint density at radius 2 is 1.95 bits per heavy atom. The van der Waals surface area contributed by atoms with Gasteiger partial charge in [0.2, 0.25) is 5.91 Å². The summed E-state index contributed by atoms with van der Waals surface area (Å²) in [7, 11) is 0. The number of hydrogen-bond acceptors (Lipinski definition) is 2. The quantitative estimate of drug-likeness (QED) is 0.876. The molecule has 0 aromatic heterocycles. The first-order valence-corrected chi connectivity index (χ1v) is 7.77. The lowest BCUT2D eigenvalue weighted by Crippen LogP contribution is -2.47. The minimum atomic E-state index is -0.547. The zero-order valence-electron chi connectivity index (χ0n) is 11.6. The molecule has 108 valence electrons. The number of hydrogen-bond donors (Lipinski definition) is 1. The molecule has 1 aromatic carbocycles. The third kappa shape index (κ3) is 3.33. The van der Waals surface area contributed by atoms with Gasteiger partial charge in [-0.15, -0.1) is 0 Å². The standard InChI is InChI=1S/C16H21ClN2O/c17-14-5-3-12(4-6-14)7-10-19(11-13-1-2-13)15(20)16(18)8-9-16/h3-6,13H,1-2,7-11,18H2. The van der Waals surface area contributed by atoms with Gasteiger partial charge in [0.1, 0.15) is 0 Å². The van der Waals surface area contributed by atoms with Gasteiger partial charge < -0.3 is 10.6 Å². The second kappa shape index (κ2) is 5.38. The van der Waals surface area contributed by atoms with Crippen LogP contribution >= 0.6 is 11.6 Å². The second-order valence-corrected chi connectivity index (χ2v) is 6.66. The molecule has 0 unspecified atom stereocenters. The minimum absolute atomic E-state index is 0.151. The van der Waals surface area contributed by atoms with Crippen LogP contribution in [0.2, 0.25) is 5.02 Å². The van der Waals surface area contributed by atoms with Crippen molar-refractivity contribution in [1.29, 1.82) is 0 Å². The van der Waals surface area contributed by atoms with Gasteiger partial charge in [-0.25, -0.2) is 0 Å². The summed E-state index contributed by atoms with van der Waals surface area (Å²) in [5.41, 5.74) is 6.73. The first-order valence-electron chi connectivity index (χ1n) is 7.39. The number of nitrogens with zero attached hydrogens (tertiary/aromatic N) is 1. The summed E-state index contributed by atoms with van der Waals surface area (Å²) in [5.74, 6) is 0.852. The first-order chi connectivity index (χ1) is 9.57. The van der Waals surface area contributed by atoms with Crippen molar-refractivity contribution in [2.75, 3.05) is 13.1 Å². The van der Waals surface area contributed by atoms with Crippen LogP contribution in [0.3, 0.4) is 0 Å². The summed E-state index contributed by atoms with van der Waals surface area (Å²) in [4.78, 5) is 14.4. The minimum Gasteiger partial charge on any atom is -0.340 e. The normalized spacial score (nSPS) is 19.7. The summed E-state index contributed by atoms with van der Waals surface area (Å²) in [6.07, 6.45) is 5.05. The van der Waals surface area contributed by atoms with E-state index in [1.165, 1.54) is 18.4 Å². The Morgan fingerprint density at radius 3 is 2.50 bits per heavy atom. The fourth-order valence-electron chi connectivity index (χ4n) is 2.47. The van der Waals surface area contributed by atoms with Gasteiger partial charge >= 0.3 is 0 Å². The smallest absolute Gasteiger partial charge is 0.242 e. The second-order valence-electron chi connectivity index (χ2n) is 6.23. The Bertz CT molecular complexity index is 492. The third-order valence-electron chi connectivity index (χ3n) is 4.26. The molecule has 3 nitrogen and oxygen atoms in total. The summed E-state index contributed by atoms with van der Waals surface area (Å²) in [6.45, 7) is 1.64. The molecule has 0 heterocycles. The fraction of sp³-hybridized carbons (Fsp3) is 0.562. The van der Waals surface area contributed by atoms with E-state index in [4.69, 9.17) is 17.3 Å². The molecule has 2 N–H and O–H groups in total. The molecule has 1 aromatic rings. The largest absolute Gasteiger partial charge is 0.340 e. The Balaban J connectivity index is 1.60. The SMILES string of the molecule is NC1(C(=O)N(CCc2ccc(Cl)cc2)CC2CC2)CC1. The molecule has 2 aliphatic rings. The molecule has 0 saturated heterocycles. The Kier molecular flexibility index (Phi) is 3.74. The lowest BCUT2D eigenvalue weighted by atomic mass is 10.1. The van der Waals surface area contributed by atoms with E-state index >= 15 is 0 Å². The average molecular weight is 293 g/mol. The van der Waals surface area contributed by atoms with Gasteiger partial charge in [-0.1, -0.05) is 23.7 Å². The molecule has 20 heavy (non-hydrogen) atoms. The predicted octanol–water partition coefficient (Wildman–Crippen LogP) is 2.61. The van der Waals surface area contributed by atoms with Crippen LogP contribution < -0.4 is 5.73 Å². The molecule has 1 amide bonds. The predicted molar refractivity (Wildman–Crippen MR) is 80.6 cm³/mol. The molecule has 2 aliphatic carbocycles. The third-order valence-corrected chi connectivity index (χ3v) is 4.51. The number of halogens is 1. The maximum atomic E-state index is 12.4. The molecule has 4 heteroatoms. The summed E-state index contributed by atoms with van der Waals surface area (Å²) >= 11 is 5.89. The molecule has 3 rings (SSSR count). The maximum Gasteiger partial charge on any atom is 0.242 e. The Morgan fingerprint density at radius 1 is 1.30 bits per heavy atom. The average Bonchev–Trinajstić information content (AvgIpc) is 3.34. The summed E-state index contributed by atoms with van der Waals surface area (Å²) < 4.78 is 0. The van der Waals surface area contributed by atoms with E-state index in [9.17, 15) is 4.79 Å². The van der Waals surface area contributed by atoms with E-state index in [0.717, 1.165) is 37.4 Å². The van der Waals surface area contributed by atoms with Crippen LogP contribution in [-0.2, 0) is 11.2 Å². The molecule has 0 spiro atoms. The van der Waals surface area contributed by atoms with E-state index in [1.54, 1.807) is 0 Å². The first kappa shape index (κ1) is 13.9. The molecule has 2 saturated carbocycles. The van der Waals surface area contributed by atoms with E-state index in [-0.39, 0.29) is 5.91 Å². The number of benzene rings is 1. The molecule has 0 atom stereocenters. The molecule has 0 radical (unpaired) electrons. The molecule has 0 bridgehead atoms. The Hall–Kier alpha value is -1.06. The van der Waals surface area contributed by atoms with Gasteiger partial charge in [0, 0.05) is 18.1 Å². The highest BCUT2D eigenvalue weighted by atomic mass is 35.5. The van der Waals surface area contributed by atoms with E-state index in [0.29, 0.717) is 5.92 Å². The molecule has 2 fully saturated rings. The van der Waals surface area contributed by atoms with Crippen LogP contribution in [0.25, 0.3) is 0 Å². The number of carbonyl (C=O) groups excluding carboxylic acids is 1. The van der Waals surface area contributed by atoms with Gasteiger partial charge in [0.25, 0.3) is 0 Å². The van der Waals surface area contributed by atoms with Gasteiger partial charge in [0.15, 0.2) is 0 Å². The maximum absolute atomic E-state index is 12.4. The highest BCUT2D eigenvalue weighted by Gasteiger charge is 2.48. The van der Waals surface area contributed by atoms with Crippen molar-refractivity contribution in [3.8, 4) is 0 Å². The molecule has 0 aliphatic heterocycles. The lowest BCUT2D eigenvalue weighted by Gasteiger charge is -2.25. The van der Waals surface area contributed by atoms with Crippen molar-refractivity contribution in [2.24, 2.45) is 11.7 Å². The molecular weight excluding hydrogens is 272 g/mol. The number of carbonyl (C=O) groups is 1. The van der Waals surface area contributed by atoms with Crippen LogP contribution in [0.5, 0.6) is 0 Å². The van der Waals surface area contributed by atoms with Crippen molar-refractivity contribution >= 4 is 17.5 Å². The van der Waals surface area contributed by atoms with Crippen LogP contribution in [0.1, 0.15) is 31.2 Å². The number of amides is 1. The van der Waals surface area contributed by atoms with E-state index in [2.05, 4.69) is 0 Å². The fourth-order valence-corrected chi connectivity index (χ4v) is 2.59. The Labute approximate surface area is 125 Å². The highest BCUT2D eigenvalue weighted by Crippen LogP contribution is 2.36. The number of rotatable bonds is 6. The zero-order chi connectivity index (χ0) is 14.2. The van der Waals surface area contributed by atoms with Crippen LogP contribution in [-0.4, -0.2) is 29.4 Å². The van der Waals surface area contributed by atoms with Gasteiger partial charge in [-0.2, -0.15) is 0 Å².